The lowest BCUT2D eigenvalue weighted by atomic mass is 10.1. The van der Waals surface area contributed by atoms with Crippen LogP contribution in [0.15, 0.2) is 30.5 Å². The number of likely N-dealkylation sites (N-methyl/N-ethyl adjacent to an activating group) is 1. The number of pyridine rings is 1. The van der Waals surface area contributed by atoms with Gasteiger partial charge in [-0.05, 0) is 27.1 Å². The van der Waals surface area contributed by atoms with Crippen molar-refractivity contribution in [3.05, 3.63) is 41.1 Å². The van der Waals surface area contributed by atoms with Crippen LogP contribution in [0, 0.1) is 11.3 Å². The molecule has 1 amide bonds. The molecule has 0 atom stereocenters. The number of rotatable bonds is 6. The van der Waals surface area contributed by atoms with E-state index in [1.165, 1.54) is 12.3 Å². The molecule has 1 aromatic carbocycles. The van der Waals surface area contributed by atoms with E-state index in [0.29, 0.717) is 40.5 Å². The fourth-order valence-corrected chi connectivity index (χ4v) is 2.43. The number of benzene rings is 1. The second kappa shape index (κ2) is 8.47. The van der Waals surface area contributed by atoms with Crippen molar-refractivity contribution in [2.45, 2.75) is 6.92 Å². The van der Waals surface area contributed by atoms with E-state index in [9.17, 15) is 4.79 Å². The number of nitriles is 1. The van der Waals surface area contributed by atoms with E-state index in [0.717, 1.165) is 0 Å². The number of hydrogen-bond acceptors (Lipinski definition) is 5. The number of amides is 1. The summed E-state index contributed by atoms with van der Waals surface area (Å²) < 4.78 is 5.59. The quantitative estimate of drug-likeness (QED) is 0.802. The molecule has 7 heteroatoms. The van der Waals surface area contributed by atoms with Gasteiger partial charge in [0, 0.05) is 30.3 Å². The number of anilines is 1. The fourth-order valence-electron chi connectivity index (χ4n) is 2.18. The molecule has 0 aliphatic heterocycles. The van der Waals surface area contributed by atoms with Crippen molar-refractivity contribution in [3.8, 4) is 11.8 Å². The molecule has 0 aliphatic carbocycles. The Labute approximate surface area is 151 Å². The summed E-state index contributed by atoms with van der Waals surface area (Å²) in [6.07, 6.45) is 4.65. The Morgan fingerprint density at radius 1 is 1.48 bits per heavy atom. The highest BCUT2D eigenvalue weighted by Crippen LogP contribution is 2.34. The molecule has 6 nitrogen and oxygen atoms in total. The van der Waals surface area contributed by atoms with Gasteiger partial charge >= 0.3 is 0 Å². The van der Waals surface area contributed by atoms with E-state index < -0.39 is 0 Å². The SMILES string of the molecule is CCOc1cc2ncc(C#N)c(Cl)c2cc1NC(=O)/C=C\CN(C)C. The summed E-state index contributed by atoms with van der Waals surface area (Å²) in [6, 6.07) is 5.37. The van der Waals surface area contributed by atoms with E-state index in [1.54, 1.807) is 18.2 Å². The van der Waals surface area contributed by atoms with Crippen LogP contribution in [0.4, 0.5) is 5.69 Å². The van der Waals surface area contributed by atoms with Crippen LogP contribution < -0.4 is 10.1 Å². The number of carbonyl (C=O) groups is 1. The molecule has 0 spiro atoms. The first-order valence-electron chi connectivity index (χ1n) is 7.73. The highest BCUT2D eigenvalue weighted by molar-refractivity contribution is 6.36. The highest BCUT2D eigenvalue weighted by Gasteiger charge is 2.13. The first kappa shape index (κ1) is 18.7. The van der Waals surface area contributed by atoms with Gasteiger partial charge in [0.05, 0.1) is 28.4 Å². The zero-order valence-electron chi connectivity index (χ0n) is 14.3. The normalized spacial score (nSPS) is 11.0. The molecule has 1 N–H and O–H groups in total. The summed E-state index contributed by atoms with van der Waals surface area (Å²) in [5.74, 6) is 0.223. The van der Waals surface area contributed by atoms with Crippen LogP contribution in [-0.2, 0) is 4.79 Å². The van der Waals surface area contributed by atoms with Gasteiger partial charge in [0.1, 0.15) is 11.8 Å². The fraction of sp³-hybridized carbons (Fsp3) is 0.278. The van der Waals surface area contributed by atoms with Gasteiger partial charge in [0.25, 0.3) is 0 Å². The van der Waals surface area contributed by atoms with Crippen molar-refractivity contribution >= 4 is 34.1 Å². The minimum Gasteiger partial charge on any atom is -0.492 e. The number of halogens is 1. The van der Waals surface area contributed by atoms with Crippen LogP contribution >= 0.6 is 11.6 Å². The van der Waals surface area contributed by atoms with Gasteiger partial charge in [-0.1, -0.05) is 17.7 Å². The van der Waals surface area contributed by atoms with Gasteiger partial charge in [-0.2, -0.15) is 5.26 Å². The maximum absolute atomic E-state index is 12.1. The van der Waals surface area contributed by atoms with Gasteiger partial charge < -0.3 is 15.0 Å². The zero-order valence-corrected chi connectivity index (χ0v) is 15.1. The van der Waals surface area contributed by atoms with Crippen molar-refractivity contribution in [2.24, 2.45) is 0 Å². The summed E-state index contributed by atoms with van der Waals surface area (Å²) in [6.45, 7) is 2.95. The summed E-state index contributed by atoms with van der Waals surface area (Å²) >= 11 is 6.26. The van der Waals surface area contributed by atoms with Crippen LogP contribution in [0.2, 0.25) is 5.02 Å². The van der Waals surface area contributed by atoms with Crippen LogP contribution in [0.25, 0.3) is 10.9 Å². The number of hydrogen-bond donors (Lipinski definition) is 1. The summed E-state index contributed by atoms with van der Waals surface area (Å²) in [4.78, 5) is 18.3. The molecule has 1 heterocycles. The van der Waals surface area contributed by atoms with Gasteiger partial charge in [-0.25, -0.2) is 0 Å². The molecule has 2 rings (SSSR count). The smallest absolute Gasteiger partial charge is 0.248 e. The Kier molecular flexibility index (Phi) is 6.34. The van der Waals surface area contributed by atoms with E-state index in [4.69, 9.17) is 21.6 Å². The molecule has 0 bridgehead atoms. The Bertz CT molecular complexity index is 856. The third-order valence-electron chi connectivity index (χ3n) is 3.32. The van der Waals surface area contributed by atoms with Gasteiger partial charge in [0.2, 0.25) is 5.91 Å². The molecule has 0 unspecified atom stereocenters. The van der Waals surface area contributed by atoms with Gasteiger partial charge in [0.15, 0.2) is 0 Å². The molecule has 0 fully saturated rings. The molecule has 0 radical (unpaired) electrons. The Hall–Kier alpha value is -2.62. The number of carbonyl (C=O) groups excluding carboxylic acids is 1. The Balaban J connectivity index is 2.40. The Morgan fingerprint density at radius 3 is 2.88 bits per heavy atom. The lowest BCUT2D eigenvalue weighted by Gasteiger charge is -2.13. The second-order valence-electron chi connectivity index (χ2n) is 5.55. The molecular formula is C18H19ClN4O2. The largest absolute Gasteiger partial charge is 0.492 e. The minimum absolute atomic E-state index is 0.275. The summed E-state index contributed by atoms with van der Waals surface area (Å²) in [7, 11) is 3.83. The maximum Gasteiger partial charge on any atom is 0.248 e. The molecule has 0 saturated heterocycles. The van der Waals surface area contributed by atoms with E-state index in [2.05, 4.69) is 10.3 Å². The summed E-state index contributed by atoms with van der Waals surface area (Å²) in [5, 5.41) is 12.8. The molecule has 1 aromatic heterocycles. The lowest BCUT2D eigenvalue weighted by Crippen LogP contribution is -2.13. The van der Waals surface area contributed by atoms with E-state index >= 15 is 0 Å². The molecule has 0 aliphatic rings. The highest BCUT2D eigenvalue weighted by atomic mass is 35.5. The minimum atomic E-state index is -0.275. The van der Waals surface area contributed by atoms with Crippen LogP contribution in [0.5, 0.6) is 5.75 Å². The summed E-state index contributed by atoms with van der Waals surface area (Å²) in [5.41, 5.74) is 1.35. The third kappa shape index (κ3) is 4.69. The first-order valence-corrected chi connectivity index (χ1v) is 8.11. The van der Waals surface area contributed by atoms with Gasteiger partial charge in [-0.3, -0.25) is 9.78 Å². The number of ether oxygens (including phenoxy) is 1. The standard InChI is InChI=1S/C18H19ClN4O2/c1-4-25-16-9-14-13(18(19)12(10-20)11-21-14)8-15(16)22-17(24)6-5-7-23(2)3/h5-6,8-9,11H,4,7H2,1-3H3,(H,22,24)/b6-5-. The van der Waals surface area contributed by atoms with Crippen molar-refractivity contribution < 1.29 is 9.53 Å². The molecule has 25 heavy (non-hydrogen) atoms. The van der Waals surface area contributed by atoms with Crippen molar-refractivity contribution in [2.75, 3.05) is 32.6 Å². The zero-order chi connectivity index (χ0) is 18.4. The van der Waals surface area contributed by atoms with E-state index in [1.807, 2.05) is 32.0 Å². The topological polar surface area (TPSA) is 78.2 Å². The first-order chi connectivity index (χ1) is 12.0. The molecule has 130 valence electrons. The van der Waals surface area contributed by atoms with E-state index in [-0.39, 0.29) is 11.5 Å². The lowest BCUT2D eigenvalue weighted by molar-refractivity contribution is -0.111. The maximum atomic E-state index is 12.1. The van der Waals surface area contributed by atoms with Crippen molar-refractivity contribution in [3.63, 3.8) is 0 Å². The predicted octanol–water partition coefficient (Wildman–Crippen LogP) is 3.21. The molecule has 2 aromatic rings. The van der Waals surface area contributed by atoms with Crippen LogP contribution in [0.1, 0.15) is 12.5 Å². The number of fused-ring (bicyclic) bond motifs is 1. The van der Waals surface area contributed by atoms with Crippen LogP contribution in [-0.4, -0.2) is 43.0 Å². The predicted molar refractivity (Wildman–Crippen MR) is 99.0 cm³/mol. The average molecular weight is 359 g/mol. The third-order valence-corrected chi connectivity index (χ3v) is 3.73. The molecular weight excluding hydrogens is 340 g/mol. The van der Waals surface area contributed by atoms with Crippen molar-refractivity contribution in [1.82, 2.24) is 9.88 Å². The Morgan fingerprint density at radius 2 is 2.24 bits per heavy atom. The monoisotopic (exact) mass is 358 g/mol. The number of nitrogens with zero attached hydrogens (tertiary/aromatic N) is 3. The molecule has 0 saturated carbocycles. The van der Waals surface area contributed by atoms with Crippen molar-refractivity contribution in [1.29, 1.82) is 5.26 Å². The second-order valence-corrected chi connectivity index (χ2v) is 5.93. The van der Waals surface area contributed by atoms with Crippen LogP contribution in [0.3, 0.4) is 0 Å². The van der Waals surface area contributed by atoms with Gasteiger partial charge in [-0.15, -0.1) is 0 Å². The average Bonchev–Trinajstić information content (AvgIpc) is 2.56. The number of nitrogens with one attached hydrogen (secondary N) is 1. The number of aromatic nitrogens is 1.